The number of carbonyl (C=O) groups is 1. The molecule has 2 aliphatic heterocycles. The molecule has 6 nitrogen and oxygen atoms in total. The van der Waals surface area contributed by atoms with E-state index >= 15 is 0 Å². The third-order valence-electron chi connectivity index (χ3n) is 8.71. The van der Waals surface area contributed by atoms with E-state index in [2.05, 4.69) is 4.90 Å². The fraction of sp³-hybridized carbons (Fsp3) is 0.393. The monoisotopic (exact) mass is 512 g/mol. The van der Waals surface area contributed by atoms with Crippen molar-refractivity contribution in [2.75, 3.05) is 20.6 Å². The molecule has 37 heavy (non-hydrogen) atoms. The molecule has 2 aromatic carbocycles. The fourth-order valence-corrected chi connectivity index (χ4v) is 6.87. The molecular weight excluding hydrogens is 485 g/mol. The van der Waals surface area contributed by atoms with Crippen molar-refractivity contribution in [2.24, 2.45) is 0 Å². The first-order chi connectivity index (χ1) is 17.5. The highest BCUT2D eigenvalue weighted by Gasteiger charge is 2.71. The van der Waals surface area contributed by atoms with Gasteiger partial charge in [-0.1, -0.05) is 30.4 Å². The SMILES string of the molecule is CN1CC[C@]23c4c5ccc(O)c4O[C@H]2[C@@H](N(C)C(=O)C=Cc2cccc(C(F)(F)F)c2)C=C[C@@]3(O)[C@H]1C5. The number of likely N-dealkylation sites (N-methyl/N-ethyl adjacent to an activating group) is 2. The van der Waals surface area contributed by atoms with Gasteiger partial charge in [0.2, 0.25) is 5.91 Å². The van der Waals surface area contributed by atoms with Gasteiger partial charge >= 0.3 is 6.18 Å². The van der Waals surface area contributed by atoms with Crippen LogP contribution in [0.25, 0.3) is 6.08 Å². The van der Waals surface area contributed by atoms with Gasteiger partial charge in [0.1, 0.15) is 11.7 Å². The van der Waals surface area contributed by atoms with Crippen molar-refractivity contribution in [2.45, 2.75) is 48.2 Å². The maximum absolute atomic E-state index is 13.2. The molecule has 194 valence electrons. The molecule has 9 heteroatoms. The van der Waals surface area contributed by atoms with Crippen molar-refractivity contribution < 1.29 is 32.9 Å². The maximum atomic E-state index is 13.2. The van der Waals surface area contributed by atoms with Crippen LogP contribution in [0.2, 0.25) is 0 Å². The van der Waals surface area contributed by atoms with Gasteiger partial charge in [-0.2, -0.15) is 13.2 Å². The van der Waals surface area contributed by atoms with Crippen LogP contribution in [-0.2, 0) is 22.8 Å². The van der Waals surface area contributed by atoms with E-state index in [4.69, 9.17) is 4.74 Å². The van der Waals surface area contributed by atoms with Crippen molar-refractivity contribution in [1.82, 2.24) is 9.80 Å². The summed E-state index contributed by atoms with van der Waals surface area (Å²) in [5.74, 6) is -0.0596. The predicted octanol–water partition coefficient (Wildman–Crippen LogP) is 3.51. The van der Waals surface area contributed by atoms with Crippen molar-refractivity contribution in [1.29, 1.82) is 0 Å². The van der Waals surface area contributed by atoms with Crippen LogP contribution in [0, 0.1) is 0 Å². The highest BCUT2D eigenvalue weighted by Crippen LogP contribution is 2.64. The van der Waals surface area contributed by atoms with E-state index in [1.807, 2.05) is 13.1 Å². The number of aliphatic hydroxyl groups is 1. The molecule has 1 fully saturated rings. The number of carbonyl (C=O) groups excluding carboxylic acids is 1. The number of amides is 1. The fourth-order valence-electron chi connectivity index (χ4n) is 6.87. The molecule has 2 aromatic rings. The summed E-state index contributed by atoms with van der Waals surface area (Å²) in [6, 6.07) is 7.51. The summed E-state index contributed by atoms with van der Waals surface area (Å²) >= 11 is 0. The number of rotatable bonds is 3. The minimum Gasteiger partial charge on any atom is -0.504 e. The number of piperidine rings is 1. The van der Waals surface area contributed by atoms with Crippen LogP contribution in [-0.4, -0.2) is 70.3 Å². The minimum absolute atomic E-state index is 0.000532. The average molecular weight is 513 g/mol. The lowest BCUT2D eigenvalue weighted by molar-refractivity contribution is -0.150. The number of nitrogens with zero attached hydrogens (tertiary/aromatic N) is 2. The van der Waals surface area contributed by atoms with E-state index in [9.17, 15) is 28.2 Å². The van der Waals surface area contributed by atoms with Crippen LogP contribution in [0.1, 0.15) is 28.7 Å². The van der Waals surface area contributed by atoms with E-state index in [-0.39, 0.29) is 17.4 Å². The second kappa shape index (κ2) is 7.85. The van der Waals surface area contributed by atoms with Gasteiger partial charge in [-0.15, -0.1) is 0 Å². The third-order valence-corrected chi connectivity index (χ3v) is 8.71. The molecule has 2 bridgehead atoms. The number of aromatic hydroxyl groups is 1. The van der Waals surface area contributed by atoms with Crippen molar-refractivity contribution in [3.05, 3.63) is 76.9 Å². The summed E-state index contributed by atoms with van der Waals surface area (Å²) in [4.78, 5) is 16.8. The Morgan fingerprint density at radius 3 is 2.81 bits per heavy atom. The molecule has 4 aliphatic rings. The van der Waals surface area contributed by atoms with Gasteiger partial charge in [0, 0.05) is 24.7 Å². The normalized spacial score (nSPS) is 31.8. The Bertz CT molecular complexity index is 1360. The third kappa shape index (κ3) is 3.23. The highest BCUT2D eigenvalue weighted by molar-refractivity contribution is 5.92. The number of phenols is 1. The molecule has 1 amide bonds. The standard InChI is InChI=1S/C28H27F3N2O4/c1-32-13-12-26-23-17-7-8-20(34)24(23)37-25(26)19(10-11-27(26,36)21(32)15-17)33(2)22(35)9-6-16-4-3-5-18(14-16)28(29,30)31/h3-11,14,19,21,25,34,36H,12-13,15H2,1-2H3/t19-,21+,25-,26-,27+/m0/s1. The Morgan fingerprint density at radius 1 is 1.27 bits per heavy atom. The quantitative estimate of drug-likeness (QED) is 0.487. The topological polar surface area (TPSA) is 73.2 Å². The van der Waals surface area contributed by atoms with Gasteiger partial charge in [-0.25, -0.2) is 0 Å². The predicted molar refractivity (Wildman–Crippen MR) is 130 cm³/mol. The van der Waals surface area contributed by atoms with Gasteiger partial charge in [0.25, 0.3) is 0 Å². The molecule has 1 saturated heterocycles. The Labute approximate surface area is 212 Å². The first-order valence-corrected chi connectivity index (χ1v) is 12.2. The summed E-state index contributed by atoms with van der Waals surface area (Å²) < 4.78 is 45.6. The summed E-state index contributed by atoms with van der Waals surface area (Å²) in [6.07, 6.45) is 2.22. The maximum Gasteiger partial charge on any atom is 0.416 e. The zero-order valence-electron chi connectivity index (χ0n) is 20.4. The number of ether oxygens (including phenoxy) is 1. The molecule has 5 atom stereocenters. The van der Waals surface area contributed by atoms with Crippen molar-refractivity contribution >= 4 is 12.0 Å². The Kier molecular flexibility index (Phi) is 5.10. The van der Waals surface area contributed by atoms with Crippen molar-refractivity contribution in [3.63, 3.8) is 0 Å². The van der Waals surface area contributed by atoms with Crippen LogP contribution >= 0.6 is 0 Å². The summed E-state index contributed by atoms with van der Waals surface area (Å²) in [5, 5.41) is 22.8. The summed E-state index contributed by atoms with van der Waals surface area (Å²) in [7, 11) is 3.60. The first-order valence-electron chi connectivity index (χ1n) is 12.2. The first kappa shape index (κ1) is 24.1. The van der Waals surface area contributed by atoms with E-state index in [1.165, 1.54) is 29.2 Å². The molecule has 2 aliphatic carbocycles. The number of alkyl halides is 3. The van der Waals surface area contributed by atoms with Crippen molar-refractivity contribution in [3.8, 4) is 11.5 Å². The highest BCUT2D eigenvalue weighted by atomic mass is 19.4. The minimum atomic E-state index is -4.47. The van der Waals surface area contributed by atoms with Crippen LogP contribution in [0.3, 0.4) is 0 Å². The number of hydrogen-bond donors (Lipinski definition) is 2. The molecular formula is C28H27F3N2O4. The summed E-state index contributed by atoms with van der Waals surface area (Å²) in [6.45, 7) is 0.717. The molecule has 0 aromatic heterocycles. The van der Waals surface area contributed by atoms with Gasteiger partial charge < -0.3 is 19.8 Å². The zero-order valence-corrected chi connectivity index (χ0v) is 20.4. The van der Waals surface area contributed by atoms with E-state index in [0.29, 0.717) is 18.6 Å². The number of benzene rings is 2. The lowest BCUT2D eigenvalue weighted by Gasteiger charge is -2.62. The molecule has 0 unspecified atom stereocenters. The van der Waals surface area contributed by atoms with Gasteiger partial charge in [-0.3, -0.25) is 9.69 Å². The number of hydrogen-bond acceptors (Lipinski definition) is 5. The van der Waals surface area contributed by atoms with Crippen LogP contribution in [0.5, 0.6) is 11.5 Å². The Morgan fingerprint density at radius 2 is 2.05 bits per heavy atom. The number of likely N-dealkylation sites (tertiary alicyclic amines) is 1. The Hall–Kier alpha value is -3.30. The van der Waals surface area contributed by atoms with E-state index in [0.717, 1.165) is 29.8 Å². The van der Waals surface area contributed by atoms with E-state index in [1.54, 1.807) is 25.3 Å². The largest absolute Gasteiger partial charge is 0.504 e. The molecule has 2 N–H and O–H groups in total. The molecule has 6 rings (SSSR count). The van der Waals surface area contributed by atoms with Gasteiger partial charge in [-0.05, 0) is 61.8 Å². The lowest BCUT2D eigenvalue weighted by Crippen LogP contribution is -2.76. The van der Waals surface area contributed by atoms with Crippen LogP contribution in [0.4, 0.5) is 13.2 Å². The summed E-state index contributed by atoms with van der Waals surface area (Å²) in [5.41, 5.74) is -0.780. The number of phenolic OH excluding ortho intramolecular Hbond substituents is 1. The van der Waals surface area contributed by atoms with Crippen LogP contribution < -0.4 is 4.74 Å². The second-order valence-corrected chi connectivity index (χ2v) is 10.5. The second-order valence-electron chi connectivity index (χ2n) is 10.5. The molecule has 1 spiro atoms. The van der Waals surface area contributed by atoms with Gasteiger partial charge in [0.15, 0.2) is 11.5 Å². The lowest BCUT2D eigenvalue weighted by atomic mass is 9.50. The van der Waals surface area contributed by atoms with Gasteiger partial charge in [0.05, 0.1) is 17.0 Å². The zero-order chi connectivity index (χ0) is 26.3. The molecule has 0 radical (unpaired) electrons. The smallest absolute Gasteiger partial charge is 0.416 e. The Balaban J connectivity index is 1.36. The molecule has 0 saturated carbocycles. The van der Waals surface area contributed by atoms with E-state index < -0.39 is 40.8 Å². The molecule has 2 heterocycles. The average Bonchev–Trinajstić information content (AvgIpc) is 3.21. The number of halogens is 3. The van der Waals surface area contributed by atoms with Crippen LogP contribution in [0.15, 0.2) is 54.6 Å².